The van der Waals surface area contributed by atoms with Gasteiger partial charge < -0.3 is 140 Å². The number of rotatable bonds is 46. The van der Waals surface area contributed by atoms with E-state index in [0.717, 1.165) is 28.4 Å². The Morgan fingerprint density at radius 2 is 0.396 bits per heavy atom. The minimum absolute atomic E-state index is 0.0979. The molecule has 44 nitrogen and oxygen atoms in total. The zero-order valence-electron chi connectivity index (χ0n) is 50.0. The molecule has 3 aliphatic rings. The molecule has 0 aromatic rings. The molecule has 3 aliphatic carbocycles. The second kappa shape index (κ2) is 39.2. The fourth-order valence-corrected chi connectivity index (χ4v) is 14.0. The topological polar surface area (TPSA) is 609 Å². The molecule has 0 aromatic carbocycles. The number of nitrogens with zero attached hydrogens (tertiary/aromatic N) is 1. The summed E-state index contributed by atoms with van der Waals surface area (Å²) in [7, 11) is -31.2. The van der Waals surface area contributed by atoms with Gasteiger partial charge in [0, 0.05) is 76.5 Å². The van der Waals surface area contributed by atoms with Crippen molar-refractivity contribution < 1.29 is 203 Å². The van der Waals surface area contributed by atoms with Gasteiger partial charge >= 0.3 is 54.8 Å². The van der Waals surface area contributed by atoms with E-state index >= 15 is 0 Å². The molecule has 0 saturated heterocycles. The maximum Gasteiger partial charge on any atom is 0.470 e. The largest absolute Gasteiger partial charge is 0.470 e. The third kappa shape index (κ3) is 29.9. The number of hydrogen-bond donors (Lipinski definition) is 14. The van der Waals surface area contributed by atoms with Crippen LogP contribution < -0.4 is 0 Å². The summed E-state index contributed by atoms with van der Waals surface area (Å²) in [6.45, 7) is -3.44. The minimum atomic E-state index is -5.83. The van der Waals surface area contributed by atoms with Crippen molar-refractivity contribution >= 4 is 54.8 Å². The average Bonchev–Trinajstić information content (AvgIpc) is 0.779. The van der Waals surface area contributed by atoms with Crippen LogP contribution in [0.3, 0.4) is 0 Å². The van der Waals surface area contributed by atoms with Crippen molar-refractivity contribution in [3.63, 3.8) is 0 Å². The summed E-state index contributed by atoms with van der Waals surface area (Å²) in [5.41, 5.74) is 0. The van der Waals surface area contributed by atoms with Crippen LogP contribution in [0.25, 0.3) is 0 Å². The summed E-state index contributed by atoms with van der Waals surface area (Å²) in [6, 6.07) is 0. The zero-order chi connectivity index (χ0) is 68.9. The number of ether oxygens (including phenoxy) is 15. The maximum absolute atomic E-state index is 12.6. The molecule has 3 rings (SSSR count). The lowest BCUT2D eigenvalue weighted by Crippen LogP contribution is -2.67. The molecule has 0 heterocycles. The van der Waals surface area contributed by atoms with E-state index in [1.54, 1.807) is 0 Å². The highest BCUT2D eigenvalue weighted by Gasteiger charge is 2.61. The van der Waals surface area contributed by atoms with E-state index in [1.165, 1.54) is 33.3 Å². The van der Waals surface area contributed by atoms with Crippen LogP contribution in [0.4, 0.5) is 0 Å². The Hall–Kier alpha value is 0.130. The number of phosphoric ester groups is 7. The second-order valence-electron chi connectivity index (χ2n) is 19.4. The summed E-state index contributed by atoms with van der Waals surface area (Å²) >= 11 is 0. The molecule has 3 saturated carbocycles. The Bertz CT molecular complexity index is 2370. The monoisotopic (exact) mass is 1480 g/mol. The van der Waals surface area contributed by atoms with Crippen molar-refractivity contribution in [2.75, 3.05) is 149 Å². The Balaban J connectivity index is 2.24. The summed E-state index contributed by atoms with van der Waals surface area (Å²) in [5.74, 6) is 0. The fraction of sp³-hybridized carbons (Fsp3) is 1.00. The van der Waals surface area contributed by atoms with Gasteiger partial charge in [-0.15, -0.1) is 0 Å². The van der Waals surface area contributed by atoms with Gasteiger partial charge in [-0.2, -0.15) is 0 Å². The molecule has 542 valence electrons. The number of phosphoric acid groups is 7. The molecular weight excluding hydrogens is 1400 g/mol. The lowest BCUT2D eigenvalue weighted by Gasteiger charge is -2.49. The van der Waals surface area contributed by atoms with Gasteiger partial charge in [-0.05, 0) is 0 Å². The van der Waals surface area contributed by atoms with Crippen LogP contribution in [0.2, 0.25) is 0 Å². The molecule has 3 fully saturated rings. The summed E-state index contributed by atoms with van der Waals surface area (Å²) in [4.78, 5) is 141. The van der Waals surface area contributed by atoms with Crippen molar-refractivity contribution in [1.82, 2.24) is 4.90 Å². The lowest BCUT2D eigenvalue weighted by molar-refractivity contribution is -0.265. The van der Waals surface area contributed by atoms with Gasteiger partial charge in [0.25, 0.3) is 0 Å². The quantitative estimate of drug-likeness (QED) is 0.0204. The Labute approximate surface area is 520 Å². The molecule has 14 N–H and O–H groups in total. The Kier molecular flexibility index (Phi) is 36.8. The molecule has 0 radical (unpaired) electrons. The van der Waals surface area contributed by atoms with Crippen LogP contribution in [0, 0.1) is 0 Å². The van der Waals surface area contributed by atoms with Crippen LogP contribution in [-0.4, -0.2) is 332 Å². The van der Waals surface area contributed by atoms with Gasteiger partial charge in [-0.1, -0.05) is 0 Å². The standard InChI is InChI=1S/C40H84NO43P7/c1-63-15-17-71-19-21-76-31-25(67-5)29(26(68-6)32(38(31)82-89(54,55)56)77-22-20-72-18-16-64-2)73-12-9-41(10-13-74-30-27(69-7)36(80-87(48,49)50)40(84-91(60,61)62)37(28(30)70-8)81-88(51,52)53)11-14-75-33-34(78-85(42,43)44)23(65-3)24(66-4)35(79-86(45,46)47)39(33)83-90(57,58)59/h23-40H,9-22H2,1-8H3,(H2,42,43,44)(H2,45,46,47)(H2,48,49,50)(H2,51,52,53)(H2,54,55,56)(H2,57,58,59)(H2,60,61,62)/t23-,24-,25-,26+,27-,28+,29+,30?,31+,32-,33+,34+,35+,36+,37-,38-,39+,40-/m1/s1. The summed E-state index contributed by atoms with van der Waals surface area (Å²) in [6.07, 6.45) is -34.9. The van der Waals surface area contributed by atoms with E-state index in [0.29, 0.717) is 0 Å². The predicted octanol–water partition coefficient (Wildman–Crippen LogP) is -3.98. The highest BCUT2D eigenvalue weighted by molar-refractivity contribution is 7.48. The predicted molar refractivity (Wildman–Crippen MR) is 294 cm³/mol. The molecule has 0 aromatic heterocycles. The van der Waals surface area contributed by atoms with Crippen LogP contribution in [0.15, 0.2) is 0 Å². The van der Waals surface area contributed by atoms with Gasteiger partial charge in [-0.25, -0.2) is 32.0 Å². The third-order valence-corrected chi connectivity index (χ3v) is 17.0. The van der Waals surface area contributed by atoms with Crippen LogP contribution in [-0.2, 0) is 135 Å². The van der Waals surface area contributed by atoms with Crippen molar-refractivity contribution in [3.05, 3.63) is 0 Å². The first kappa shape index (κ1) is 85.4. The van der Waals surface area contributed by atoms with Crippen molar-refractivity contribution in [3.8, 4) is 0 Å². The Morgan fingerprint density at radius 3 is 0.637 bits per heavy atom. The molecular formula is C40H84NO43P7. The molecule has 0 bridgehead atoms. The van der Waals surface area contributed by atoms with E-state index < -0.39 is 198 Å². The maximum atomic E-state index is 12.6. The molecule has 0 aliphatic heterocycles. The highest BCUT2D eigenvalue weighted by Crippen LogP contribution is 2.53. The van der Waals surface area contributed by atoms with Crippen LogP contribution in [0.1, 0.15) is 0 Å². The highest BCUT2D eigenvalue weighted by atomic mass is 31.2. The van der Waals surface area contributed by atoms with Gasteiger partial charge in [0.1, 0.15) is 110 Å². The smallest absolute Gasteiger partial charge is 0.382 e. The molecule has 0 spiro atoms. The van der Waals surface area contributed by atoms with E-state index in [-0.39, 0.29) is 59.4 Å². The van der Waals surface area contributed by atoms with E-state index in [4.69, 9.17) is 103 Å². The van der Waals surface area contributed by atoms with Crippen molar-refractivity contribution in [2.45, 2.75) is 110 Å². The second-order valence-corrected chi connectivity index (χ2v) is 27.7. The molecule has 1 unspecified atom stereocenters. The first-order chi connectivity index (χ1) is 42.2. The average molecular weight is 1480 g/mol. The summed E-state index contributed by atoms with van der Waals surface area (Å²) < 4.78 is 207. The van der Waals surface area contributed by atoms with Gasteiger partial charge in [0.05, 0.1) is 72.7 Å². The van der Waals surface area contributed by atoms with Gasteiger partial charge in [-0.3, -0.25) is 36.6 Å². The van der Waals surface area contributed by atoms with Crippen molar-refractivity contribution in [1.29, 1.82) is 0 Å². The molecule has 0 amide bonds. The molecule has 51 heteroatoms. The van der Waals surface area contributed by atoms with E-state index in [2.05, 4.69) is 0 Å². The fourth-order valence-electron chi connectivity index (χ4n) is 10.1. The van der Waals surface area contributed by atoms with E-state index in [9.17, 15) is 100 Å². The van der Waals surface area contributed by atoms with Gasteiger partial charge in [0.2, 0.25) is 0 Å². The van der Waals surface area contributed by atoms with E-state index in [1.807, 2.05) is 0 Å². The van der Waals surface area contributed by atoms with Crippen LogP contribution in [0.5, 0.6) is 0 Å². The normalized spacial score (nSPS) is 31.0. The zero-order valence-corrected chi connectivity index (χ0v) is 56.2. The Morgan fingerprint density at radius 1 is 0.231 bits per heavy atom. The minimum Gasteiger partial charge on any atom is -0.382 e. The molecule has 91 heavy (non-hydrogen) atoms. The van der Waals surface area contributed by atoms with Crippen molar-refractivity contribution in [2.24, 2.45) is 0 Å². The SMILES string of the molecule is COCCOCCO[C@@H]1[C@@H](OC)[C@@H](OCCN(CCOC2[C@@H](OC)[C@H](OP(=O)(O)O)[C@@H](OP(=O)(O)O)[C@H](OP(=O)(O)O)[C@H]2OC)CCO[C@H]2[C@@H](OP(=O)(O)O)[C@H](OC)[C@@H](OC)[C@H](OP(=O)(O)O)[C@H]2OP(=O)(O)O)[C@@H](OC)[C@H](OCCOCCOC)[C@H]1OP(=O)(O)O. The number of methoxy groups -OCH3 is 8. The number of hydrogen-bond acceptors (Lipinski definition) is 30. The third-order valence-electron chi connectivity index (χ3n) is 13.4. The van der Waals surface area contributed by atoms with Gasteiger partial charge in [0.15, 0.2) is 0 Å². The molecule has 18 atom stereocenters. The van der Waals surface area contributed by atoms with Crippen LogP contribution >= 0.6 is 54.8 Å². The lowest BCUT2D eigenvalue weighted by atomic mass is 9.84. The first-order valence-corrected chi connectivity index (χ1v) is 37.2. The summed E-state index contributed by atoms with van der Waals surface area (Å²) in [5, 5.41) is 0. The first-order valence-electron chi connectivity index (χ1n) is 26.5.